The number of hydrogen-bond donors (Lipinski definition) is 1. The molecule has 2 rings (SSSR count). The van der Waals surface area contributed by atoms with Crippen LogP contribution in [0.3, 0.4) is 0 Å². The van der Waals surface area contributed by atoms with Gasteiger partial charge >= 0.3 is 0 Å². The van der Waals surface area contributed by atoms with Gasteiger partial charge in [-0.15, -0.1) is 22.7 Å². The van der Waals surface area contributed by atoms with Gasteiger partial charge in [0.2, 0.25) is 10.0 Å². The maximum atomic E-state index is 12.6. The summed E-state index contributed by atoms with van der Waals surface area (Å²) in [5, 5.41) is 11.1. The van der Waals surface area contributed by atoms with Gasteiger partial charge in [0.05, 0.1) is 22.7 Å². The maximum absolute atomic E-state index is 12.6. The van der Waals surface area contributed by atoms with Gasteiger partial charge in [-0.25, -0.2) is 13.4 Å². The molecule has 2 heterocycles. The van der Waals surface area contributed by atoms with Crippen molar-refractivity contribution in [2.45, 2.75) is 31.9 Å². The van der Waals surface area contributed by atoms with Gasteiger partial charge in [0.1, 0.15) is 4.90 Å². The molecule has 0 atom stereocenters. The van der Waals surface area contributed by atoms with E-state index in [1.807, 2.05) is 6.92 Å². The third-order valence-corrected chi connectivity index (χ3v) is 7.18. The number of aliphatic hydroxyl groups excluding tert-OH is 1. The summed E-state index contributed by atoms with van der Waals surface area (Å²) in [6.45, 7) is 3.63. The Morgan fingerprint density at radius 3 is 2.55 bits per heavy atom. The Labute approximate surface area is 126 Å². The predicted octanol–water partition coefficient (Wildman–Crippen LogP) is 2.13. The van der Waals surface area contributed by atoms with E-state index in [1.165, 1.54) is 27.0 Å². The number of thiazole rings is 1. The third-order valence-electron chi connectivity index (χ3n) is 3.01. The van der Waals surface area contributed by atoms with Gasteiger partial charge in [-0.05, 0) is 24.8 Å². The molecule has 8 heteroatoms. The SMILES string of the molecule is Cc1csc(CO)c1S(=O)(=O)N(C)Cc1scnc1C. The number of rotatable bonds is 5. The van der Waals surface area contributed by atoms with Crippen molar-refractivity contribution in [1.29, 1.82) is 0 Å². The van der Waals surface area contributed by atoms with Crippen LogP contribution in [0, 0.1) is 13.8 Å². The summed E-state index contributed by atoms with van der Waals surface area (Å²) in [4.78, 5) is 5.76. The molecule has 0 aliphatic heterocycles. The highest BCUT2D eigenvalue weighted by atomic mass is 32.2. The van der Waals surface area contributed by atoms with Crippen molar-refractivity contribution in [2.75, 3.05) is 7.05 Å². The second-order valence-electron chi connectivity index (χ2n) is 4.45. The molecule has 110 valence electrons. The molecule has 0 aliphatic rings. The van der Waals surface area contributed by atoms with Crippen LogP contribution in [0.5, 0.6) is 0 Å². The zero-order valence-corrected chi connectivity index (χ0v) is 13.9. The molecule has 0 saturated heterocycles. The normalized spacial score (nSPS) is 12.2. The summed E-state index contributed by atoms with van der Waals surface area (Å²) >= 11 is 2.71. The molecule has 0 fully saturated rings. The van der Waals surface area contributed by atoms with Crippen molar-refractivity contribution in [3.05, 3.63) is 31.9 Å². The molecule has 0 saturated carbocycles. The van der Waals surface area contributed by atoms with Gasteiger partial charge in [-0.3, -0.25) is 0 Å². The Morgan fingerprint density at radius 1 is 1.30 bits per heavy atom. The molecule has 0 aromatic carbocycles. The summed E-state index contributed by atoms with van der Waals surface area (Å²) in [7, 11) is -2.05. The van der Waals surface area contributed by atoms with Crippen molar-refractivity contribution in [3.8, 4) is 0 Å². The van der Waals surface area contributed by atoms with E-state index in [4.69, 9.17) is 0 Å². The molecule has 2 aromatic heterocycles. The standard InChI is InChI=1S/C12H16N2O3S3/c1-8-6-18-11(5-15)12(8)20(16,17)14(3)4-10-9(2)13-7-19-10/h6-7,15H,4-5H2,1-3H3. The summed E-state index contributed by atoms with van der Waals surface area (Å²) in [5.41, 5.74) is 3.23. The Morgan fingerprint density at radius 2 is 2.00 bits per heavy atom. The number of sulfonamides is 1. The first-order valence-electron chi connectivity index (χ1n) is 5.91. The average Bonchev–Trinajstić information content (AvgIpc) is 2.96. The van der Waals surface area contributed by atoms with Gasteiger partial charge in [-0.2, -0.15) is 4.31 Å². The summed E-state index contributed by atoms with van der Waals surface area (Å²) in [5.74, 6) is 0. The quantitative estimate of drug-likeness (QED) is 0.910. The van der Waals surface area contributed by atoms with E-state index < -0.39 is 10.0 Å². The molecule has 5 nitrogen and oxygen atoms in total. The minimum atomic E-state index is -3.60. The van der Waals surface area contributed by atoms with Crippen LogP contribution in [0.15, 0.2) is 15.8 Å². The number of hydrogen-bond acceptors (Lipinski definition) is 6. The Balaban J connectivity index is 2.35. The maximum Gasteiger partial charge on any atom is 0.244 e. The Hall–Kier alpha value is -0.800. The monoisotopic (exact) mass is 332 g/mol. The predicted molar refractivity (Wildman–Crippen MR) is 80.5 cm³/mol. The van der Waals surface area contributed by atoms with Crippen LogP contribution in [0.2, 0.25) is 0 Å². The molecule has 2 aromatic rings. The second kappa shape index (κ2) is 5.90. The van der Waals surface area contributed by atoms with Crippen molar-refractivity contribution in [1.82, 2.24) is 9.29 Å². The molecular formula is C12H16N2O3S3. The molecule has 20 heavy (non-hydrogen) atoms. The largest absolute Gasteiger partial charge is 0.391 e. The molecule has 0 aliphatic carbocycles. The van der Waals surface area contributed by atoms with E-state index in [2.05, 4.69) is 4.98 Å². The number of nitrogens with zero attached hydrogens (tertiary/aromatic N) is 2. The van der Waals surface area contributed by atoms with Crippen LogP contribution in [0.4, 0.5) is 0 Å². The van der Waals surface area contributed by atoms with E-state index in [-0.39, 0.29) is 11.5 Å². The molecule has 0 amide bonds. The van der Waals surface area contributed by atoms with Gasteiger partial charge in [0.15, 0.2) is 0 Å². The molecule has 0 radical (unpaired) electrons. The van der Waals surface area contributed by atoms with Crippen LogP contribution in [-0.2, 0) is 23.2 Å². The highest BCUT2D eigenvalue weighted by Crippen LogP contribution is 2.30. The Bertz CT molecular complexity index is 703. The zero-order chi connectivity index (χ0) is 14.9. The van der Waals surface area contributed by atoms with Crippen LogP contribution < -0.4 is 0 Å². The van der Waals surface area contributed by atoms with Crippen molar-refractivity contribution in [3.63, 3.8) is 0 Å². The molecule has 0 unspecified atom stereocenters. The first-order chi connectivity index (χ1) is 9.37. The average molecular weight is 332 g/mol. The number of aryl methyl sites for hydroxylation is 2. The third kappa shape index (κ3) is 2.79. The lowest BCUT2D eigenvalue weighted by Gasteiger charge is -2.17. The van der Waals surface area contributed by atoms with Gasteiger partial charge in [0.25, 0.3) is 0 Å². The van der Waals surface area contributed by atoms with E-state index in [1.54, 1.807) is 24.9 Å². The van der Waals surface area contributed by atoms with Crippen molar-refractivity contribution < 1.29 is 13.5 Å². The topological polar surface area (TPSA) is 70.5 Å². The Kier molecular flexibility index (Phi) is 4.60. The fourth-order valence-electron chi connectivity index (χ4n) is 1.86. The minimum Gasteiger partial charge on any atom is -0.391 e. The highest BCUT2D eigenvalue weighted by molar-refractivity contribution is 7.89. The number of aliphatic hydroxyl groups is 1. The van der Waals surface area contributed by atoms with Crippen molar-refractivity contribution in [2.24, 2.45) is 0 Å². The van der Waals surface area contributed by atoms with E-state index in [0.717, 1.165) is 10.6 Å². The number of thiophene rings is 1. The number of aromatic nitrogens is 1. The zero-order valence-electron chi connectivity index (χ0n) is 11.5. The summed E-state index contributed by atoms with van der Waals surface area (Å²) in [6.07, 6.45) is 0. The highest BCUT2D eigenvalue weighted by Gasteiger charge is 2.27. The lowest BCUT2D eigenvalue weighted by Crippen LogP contribution is -2.27. The molecule has 0 bridgehead atoms. The van der Waals surface area contributed by atoms with Gasteiger partial charge in [-0.1, -0.05) is 0 Å². The minimum absolute atomic E-state index is 0.231. The molecular weight excluding hydrogens is 316 g/mol. The molecule has 1 N–H and O–H groups in total. The fourth-order valence-corrected chi connectivity index (χ4v) is 5.52. The van der Waals surface area contributed by atoms with Gasteiger partial charge in [0, 0.05) is 18.5 Å². The van der Waals surface area contributed by atoms with Crippen LogP contribution in [0.1, 0.15) is 21.0 Å². The summed E-state index contributed by atoms with van der Waals surface area (Å²) < 4.78 is 26.6. The van der Waals surface area contributed by atoms with Crippen LogP contribution in [0.25, 0.3) is 0 Å². The molecule has 0 spiro atoms. The fraction of sp³-hybridized carbons (Fsp3) is 0.417. The smallest absolute Gasteiger partial charge is 0.244 e. The first kappa shape index (κ1) is 15.6. The van der Waals surface area contributed by atoms with E-state index >= 15 is 0 Å². The van der Waals surface area contributed by atoms with E-state index in [9.17, 15) is 13.5 Å². The lowest BCUT2D eigenvalue weighted by atomic mass is 10.3. The second-order valence-corrected chi connectivity index (χ2v) is 8.34. The summed E-state index contributed by atoms with van der Waals surface area (Å²) in [6, 6.07) is 0. The van der Waals surface area contributed by atoms with Crippen LogP contribution >= 0.6 is 22.7 Å². The first-order valence-corrected chi connectivity index (χ1v) is 9.11. The van der Waals surface area contributed by atoms with Crippen LogP contribution in [-0.4, -0.2) is 29.9 Å². The van der Waals surface area contributed by atoms with Crippen molar-refractivity contribution >= 4 is 32.7 Å². The van der Waals surface area contributed by atoms with E-state index in [0.29, 0.717) is 17.0 Å². The van der Waals surface area contributed by atoms with Gasteiger partial charge < -0.3 is 5.11 Å². The lowest BCUT2D eigenvalue weighted by molar-refractivity contribution is 0.282.